The van der Waals surface area contributed by atoms with Crippen LogP contribution in [-0.2, 0) is 32.8 Å². The maximum atomic E-state index is 15.2. The van der Waals surface area contributed by atoms with Crippen LogP contribution < -0.4 is 9.64 Å². The second kappa shape index (κ2) is 15.4. The molecule has 6 atom stereocenters. The highest BCUT2D eigenvalue weighted by atomic mass is 35.5. The number of phenols is 1. The van der Waals surface area contributed by atoms with E-state index in [1.807, 2.05) is 68.5 Å². The molecule has 11 nitrogen and oxygen atoms in total. The second-order valence-electron chi connectivity index (χ2n) is 17.7. The number of halogens is 1. The van der Waals surface area contributed by atoms with Crippen LogP contribution in [0.2, 0.25) is 5.02 Å². The maximum Gasteiger partial charge on any atom is 0.242 e. The lowest BCUT2D eigenvalue weighted by molar-refractivity contribution is -0.144. The van der Waals surface area contributed by atoms with E-state index in [4.69, 9.17) is 21.4 Å². The Morgan fingerprint density at radius 2 is 1.74 bits per heavy atom. The second-order valence-corrected chi connectivity index (χ2v) is 19.2. The number of aromatic nitrogens is 2. The number of piperidine rings is 1. The molecule has 3 aliphatic heterocycles. The number of carbonyl (C=O) groups is 4. The number of methoxy groups -OCH3 is 1. The number of phenolic OH excluding ortho intramolecular Hbond substituents is 1. The van der Waals surface area contributed by atoms with Gasteiger partial charge in [0.2, 0.25) is 23.6 Å². The smallest absolute Gasteiger partial charge is 0.242 e. The number of allylic oxidation sites excluding steroid dienone is 3. The third kappa shape index (κ3) is 6.35. The average molecular weight is 870 g/mol. The van der Waals surface area contributed by atoms with Gasteiger partial charge in [0.05, 0.1) is 35.2 Å². The fraction of sp³-hybridized carbons (Fsp3) is 0.367. The number of likely N-dealkylation sites (tertiary alicyclic amines) is 2. The summed E-state index contributed by atoms with van der Waals surface area (Å²) >= 11 is 7.94. The van der Waals surface area contributed by atoms with E-state index in [-0.39, 0.29) is 41.8 Å². The van der Waals surface area contributed by atoms with Crippen molar-refractivity contribution in [1.82, 2.24) is 19.6 Å². The Bertz CT molecular complexity index is 2730. The third-order valence-corrected chi connectivity index (χ3v) is 16.0. The van der Waals surface area contributed by atoms with Gasteiger partial charge in [0.25, 0.3) is 0 Å². The molecule has 62 heavy (non-hydrogen) atoms. The van der Waals surface area contributed by atoms with Crippen molar-refractivity contribution < 1.29 is 29.0 Å². The molecule has 2 aliphatic carbocycles. The molecule has 6 unspecified atom stereocenters. The van der Waals surface area contributed by atoms with Crippen molar-refractivity contribution in [2.24, 2.45) is 42.1 Å². The highest BCUT2D eigenvalue weighted by molar-refractivity contribution is 7.22. The van der Waals surface area contributed by atoms with Crippen LogP contribution in [0.15, 0.2) is 90.5 Å². The summed E-state index contributed by atoms with van der Waals surface area (Å²) in [6.45, 7) is 6.29. The van der Waals surface area contributed by atoms with Gasteiger partial charge in [0, 0.05) is 54.4 Å². The van der Waals surface area contributed by atoms with Crippen LogP contribution in [0.25, 0.3) is 26.7 Å². The molecule has 0 radical (unpaired) electrons. The van der Waals surface area contributed by atoms with Crippen molar-refractivity contribution in [3.63, 3.8) is 0 Å². The van der Waals surface area contributed by atoms with E-state index >= 15 is 9.59 Å². The number of aryl methyl sites for hydroxylation is 2. The Kier molecular flexibility index (Phi) is 10.0. The number of hydrogen-bond donors (Lipinski definition) is 1. The number of carbonyl (C=O) groups excluding carboxylic acids is 4. The topological polar surface area (TPSA) is 125 Å². The van der Waals surface area contributed by atoms with Crippen LogP contribution >= 0.6 is 22.9 Å². The van der Waals surface area contributed by atoms with Crippen LogP contribution in [0, 0.1) is 41.9 Å². The van der Waals surface area contributed by atoms with Crippen molar-refractivity contribution >= 4 is 68.5 Å². The molecule has 5 aliphatic rings. The number of rotatable bonds is 8. The van der Waals surface area contributed by atoms with Crippen LogP contribution in [0.4, 0.5) is 5.82 Å². The van der Waals surface area contributed by atoms with Crippen molar-refractivity contribution in [3.05, 3.63) is 112 Å². The first-order chi connectivity index (χ1) is 29.9. The first-order valence-corrected chi connectivity index (χ1v) is 22.6. The van der Waals surface area contributed by atoms with E-state index in [9.17, 15) is 14.7 Å². The Labute approximate surface area is 369 Å². The van der Waals surface area contributed by atoms with Gasteiger partial charge < -0.3 is 9.84 Å². The number of fused-ring (bicyclic) bond motifs is 5. The van der Waals surface area contributed by atoms with Gasteiger partial charge in [-0.15, -0.1) is 11.3 Å². The van der Waals surface area contributed by atoms with E-state index in [1.165, 1.54) is 17.6 Å². The highest BCUT2D eigenvalue weighted by Crippen LogP contribution is 2.61. The molecule has 1 saturated carbocycles. The van der Waals surface area contributed by atoms with Gasteiger partial charge in [-0.25, -0.2) is 4.90 Å². The minimum Gasteiger partial charge on any atom is -0.504 e. The Morgan fingerprint density at radius 1 is 0.968 bits per heavy atom. The van der Waals surface area contributed by atoms with Gasteiger partial charge >= 0.3 is 0 Å². The summed E-state index contributed by atoms with van der Waals surface area (Å²) in [5.74, 6) is -3.17. The summed E-state index contributed by atoms with van der Waals surface area (Å²) in [6.07, 6.45) is 8.01. The number of ether oxygens (including phenoxy) is 1. The number of imide groups is 2. The summed E-state index contributed by atoms with van der Waals surface area (Å²) in [7, 11) is 3.23. The fourth-order valence-corrected chi connectivity index (χ4v) is 12.5. The molecule has 4 amide bonds. The largest absolute Gasteiger partial charge is 0.504 e. The lowest BCUT2D eigenvalue weighted by atomic mass is 9.52. The number of hydrogen-bond acceptors (Lipinski definition) is 9. The summed E-state index contributed by atoms with van der Waals surface area (Å²) in [5.41, 5.74) is 3.34. The number of thiophene rings is 1. The zero-order valence-electron chi connectivity index (χ0n) is 35.1. The molecule has 318 valence electrons. The minimum atomic E-state index is -1.21. The first-order valence-electron chi connectivity index (χ1n) is 21.4. The number of benzene rings is 3. The number of amides is 4. The lowest BCUT2D eigenvalue weighted by Gasteiger charge is -2.48. The van der Waals surface area contributed by atoms with Crippen molar-refractivity contribution in [2.45, 2.75) is 52.1 Å². The normalized spacial score (nSPS) is 26.7. The summed E-state index contributed by atoms with van der Waals surface area (Å²) in [4.78, 5) is 65.5. The van der Waals surface area contributed by atoms with E-state index in [0.717, 1.165) is 51.3 Å². The molecule has 5 aromatic rings. The number of anilines is 1. The minimum absolute atomic E-state index is 0.00340. The fourth-order valence-electron chi connectivity index (χ4n) is 11.2. The van der Waals surface area contributed by atoms with Gasteiger partial charge in [-0.3, -0.25) is 33.7 Å². The molecule has 2 aromatic heterocycles. The summed E-state index contributed by atoms with van der Waals surface area (Å²) < 4.78 is 8.05. The molecular formula is C49H48ClN5O6S. The molecule has 0 spiro atoms. The van der Waals surface area contributed by atoms with Crippen LogP contribution in [0.3, 0.4) is 0 Å². The molecular weight excluding hydrogens is 822 g/mol. The van der Waals surface area contributed by atoms with Gasteiger partial charge in [0.1, 0.15) is 11.5 Å². The van der Waals surface area contributed by atoms with E-state index in [0.29, 0.717) is 41.5 Å². The molecule has 3 aromatic carbocycles. The molecule has 4 fully saturated rings. The van der Waals surface area contributed by atoms with Crippen LogP contribution in [0.5, 0.6) is 11.5 Å². The zero-order chi connectivity index (χ0) is 43.2. The molecule has 5 heterocycles. The monoisotopic (exact) mass is 869 g/mol. The van der Waals surface area contributed by atoms with Crippen LogP contribution in [0.1, 0.15) is 49.3 Å². The summed E-state index contributed by atoms with van der Waals surface area (Å²) in [5, 5.41) is 16.8. The predicted octanol–water partition coefficient (Wildman–Crippen LogP) is 8.42. The maximum absolute atomic E-state index is 15.2. The number of aromatic hydroxyl groups is 1. The predicted molar refractivity (Wildman–Crippen MR) is 239 cm³/mol. The Balaban J connectivity index is 0.988. The van der Waals surface area contributed by atoms with Gasteiger partial charge in [-0.05, 0) is 97.9 Å². The van der Waals surface area contributed by atoms with E-state index in [2.05, 4.69) is 23.1 Å². The quantitative estimate of drug-likeness (QED) is 0.122. The lowest BCUT2D eigenvalue weighted by Crippen LogP contribution is -2.50. The summed E-state index contributed by atoms with van der Waals surface area (Å²) in [6, 6.07) is 22.8. The SMILES string of the molecule is COc1cc(C=CC2C3=CCC4C(=O)N(C5CCN(Cc6ccccc6)CC5)C(=O)C4C3CC3C(=O)N(c4cc(-c5sc6ccc(Cl)cc6c5C)nn4C)C(=O)C23C)ccc1O. The molecule has 3 saturated heterocycles. The van der Waals surface area contributed by atoms with Crippen molar-refractivity contribution in [1.29, 1.82) is 0 Å². The van der Waals surface area contributed by atoms with Gasteiger partial charge in [0.15, 0.2) is 11.5 Å². The van der Waals surface area contributed by atoms with Crippen molar-refractivity contribution in [2.75, 3.05) is 25.1 Å². The standard InChI is InChI=1S/C49H48ClN5O6S/c1-27-34-23-30(50)12-17-41(34)62-44(27)38-25-42(52(3)51-38)55-46(58)37-24-35-32(36(49(37,2)48(55)60)15-10-28-11-16-39(56)40(22-28)61-4)13-14-33-43(35)47(59)54(45(33)57)31-18-20-53(21-19-31)26-29-8-6-5-7-9-29/h5-13,15-17,22-23,25,31,33,35-37,43,56H,14,18-21,24,26H2,1-4H3. The zero-order valence-corrected chi connectivity index (χ0v) is 36.7. The number of nitrogens with zero attached hydrogens (tertiary/aromatic N) is 5. The van der Waals surface area contributed by atoms with Crippen LogP contribution in [-0.4, -0.2) is 74.6 Å². The molecule has 10 rings (SSSR count). The van der Waals surface area contributed by atoms with Gasteiger partial charge in [-0.2, -0.15) is 5.10 Å². The van der Waals surface area contributed by atoms with Gasteiger partial charge in [-0.1, -0.05) is 71.8 Å². The average Bonchev–Trinajstić information content (AvgIpc) is 3.94. The highest BCUT2D eigenvalue weighted by Gasteiger charge is 2.67. The van der Waals surface area contributed by atoms with Crippen molar-refractivity contribution in [3.8, 4) is 22.1 Å². The van der Waals surface area contributed by atoms with E-state index < -0.39 is 35.0 Å². The first kappa shape index (κ1) is 40.5. The van der Waals surface area contributed by atoms with E-state index in [1.54, 1.807) is 46.2 Å². The Morgan fingerprint density at radius 3 is 2.50 bits per heavy atom. The molecule has 1 N–H and O–H groups in total. The molecule has 0 bridgehead atoms. The third-order valence-electron chi connectivity index (χ3n) is 14.5. The molecule has 13 heteroatoms. The Hall–Kier alpha value is -5.56.